The molecule has 3 fully saturated rings. The van der Waals surface area contributed by atoms with Gasteiger partial charge in [-0.3, -0.25) is 0 Å². The van der Waals surface area contributed by atoms with E-state index in [0.29, 0.717) is 12.6 Å². The van der Waals surface area contributed by atoms with Crippen LogP contribution in [0.4, 0.5) is 4.79 Å². The number of aliphatic hydroxyl groups is 1. The Balaban J connectivity index is 1.34. The lowest BCUT2D eigenvalue weighted by molar-refractivity contribution is 0.145. The standard InChI is InChI=1S/C16H29N3O2/c20-12-16(7-8-16)11-17-15(21)18-13-5-9-19(10-6-13)14-3-1-2-4-14/h13-14,20H,1-12H2,(H2,17,18,21). The summed E-state index contributed by atoms with van der Waals surface area (Å²) in [5.41, 5.74) is -0.0107. The van der Waals surface area contributed by atoms with E-state index in [1.807, 2.05) is 0 Å². The van der Waals surface area contributed by atoms with E-state index < -0.39 is 0 Å². The van der Waals surface area contributed by atoms with Gasteiger partial charge in [-0.25, -0.2) is 4.79 Å². The number of rotatable bonds is 5. The van der Waals surface area contributed by atoms with E-state index in [4.69, 9.17) is 0 Å². The van der Waals surface area contributed by atoms with E-state index >= 15 is 0 Å². The molecule has 1 heterocycles. The van der Waals surface area contributed by atoms with Gasteiger partial charge in [-0.1, -0.05) is 12.8 Å². The third-order valence-corrected chi connectivity index (χ3v) is 5.62. The number of amides is 2. The highest BCUT2D eigenvalue weighted by molar-refractivity contribution is 5.74. The number of aliphatic hydroxyl groups excluding tert-OH is 1. The molecule has 5 nitrogen and oxygen atoms in total. The van der Waals surface area contributed by atoms with E-state index in [-0.39, 0.29) is 18.1 Å². The van der Waals surface area contributed by atoms with Gasteiger partial charge in [-0.15, -0.1) is 0 Å². The number of urea groups is 1. The maximum Gasteiger partial charge on any atom is 0.315 e. The molecule has 0 spiro atoms. The maximum atomic E-state index is 11.9. The number of nitrogens with zero attached hydrogens (tertiary/aromatic N) is 1. The summed E-state index contributed by atoms with van der Waals surface area (Å²) < 4.78 is 0. The van der Waals surface area contributed by atoms with E-state index in [1.165, 1.54) is 25.7 Å². The first-order valence-electron chi connectivity index (χ1n) is 8.60. The highest BCUT2D eigenvalue weighted by atomic mass is 16.3. The molecule has 120 valence electrons. The fraction of sp³-hybridized carbons (Fsp3) is 0.938. The number of carbonyl (C=O) groups excluding carboxylic acids is 1. The maximum absolute atomic E-state index is 11.9. The zero-order valence-electron chi connectivity index (χ0n) is 12.9. The van der Waals surface area contributed by atoms with Crippen molar-refractivity contribution in [3.05, 3.63) is 0 Å². The average Bonchev–Trinajstić information content (AvgIpc) is 3.09. The molecule has 2 amide bonds. The molecule has 5 heteroatoms. The van der Waals surface area contributed by atoms with E-state index in [9.17, 15) is 9.90 Å². The number of carbonyl (C=O) groups is 1. The zero-order chi connectivity index (χ0) is 14.7. The topological polar surface area (TPSA) is 64.6 Å². The molecule has 0 aromatic rings. The summed E-state index contributed by atoms with van der Waals surface area (Å²) in [5.74, 6) is 0. The van der Waals surface area contributed by atoms with Gasteiger partial charge in [-0.05, 0) is 38.5 Å². The van der Waals surface area contributed by atoms with E-state index in [2.05, 4.69) is 15.5 Å². The Kier molecular flexibility index (Phi) is 4.69. The van der Waals surface area contributed by atoms with Crippen molar-refractivity contribution in [3.8, 4) is 0 Å². The number of hydrogen-bond acceptors (Lipinski definition) is 3. The van der Waals surface area contributed by atoms with Gasteiger partial charge in [-0.2, -0.15) is 0 Å². The first kappa shape index (κ1) is 15.1. The molecule has 0 bridgehead atoms. The first-order valence-corrected chi connectivity index (χ1v) is 8.60. The molecule has 3 N–H and O–H groups in total. The quantitative estimate of drug-likeness (QED) is 0.719. The molecule has 0 radical (unpaired) electrons. The Bertz CT molecular complexity index is 357. The van der Waals surface area contributed by atoms with Crippen LogP contribution in [0.2, 0.25) is 0 Å². The fourth-order valence-electron chi connectivity index (χ4n) is 3.75. The van der Waals surface area contributed by atoms with Crippen LogP contribution in [0.25, 0.3) is 0 Å². The lowest BCUT2D eigenvalue weighted by Gasteiger charge is -2.36. The first-order chi connectivity index (χ1) is 10.2. The lowest BCUT2D eigenvalue weighted by atomic mass is 10.0. The van der Waals surface area contributed by atoms with Gasteiger partial charge in [0, 0.05) is 37.1 Å². The Labute approximate surface area is 127 Å². The molecule has 1 saturated heterocycles. The van der Waals surface area contributed by atoms with Gasteiger partial charge < -0.3 is 20.6 Å². The molecule has 0 unspecified atom stereocenters. The van der Waals surface area contributed by atoms with Crippen molar-refractivity contribution in [2.45, 2.75) is 63.5 Å². The van der Waals surface area contributed by atoms with Crippen LogP contribution in [-0.4, -0.2) is 54.4 Å². The number of hydrogen-bond donors (Lipinski definition) is 3. The van der Waals surface area contributed by atoms with Crippen LogP contribution in [0.3, 0.4) is 0 Å². The molecule has 21 heavy (non-hydrogen) atoms. The Morgan fingerprint density at radius 3 is 2.38 bits per heavy atom. The van der Waals surface area contributed by atoms with Crippen molar-refractivity contribution in [1.82, 2.24) is 15.5 Å². The fourth-order valence-corrected chi connectivity index (χ4v) is 3.75. The minimum absolute atomic E-state index is 0.0107. The van der Waals surface area contributed by atoms with Crippen LogP contribution in [-0.2, 0) is 0 Å². The SMILES string of the molecule is O=C(NCC1(CO)CC1)NC1CCN(C2CCCC2)CC1. The summed E-state index contributed by atoms with van der Waals surface area (Å²) in [6, 6.07) is 1.06. The van der Waals surface area contributed by atoms with Crippen molar-refractivity contribution in [2.24, 2.45) is 5.41 Å². The predicted molar refractivity (Wildman–Crippen MR) is 82.1 cm³/mol. The highest BCUT2D eigenvalue weighted by Crippen LogP contribution is 2.44. The molecular formula is C16H29N3O2. The van der Waals surface area contributed by atoms with Gasteiger partial charge in [0.2, 0.25) is 0 Å². The molecule has 0 aromatic carbocycles. The third kappa shape index (κ3) is 3.89. The van der Waals surface area contributed by atoms with Gasteiger partial charge >= 0.3 is 6.03 Å². The Morgan fingerprint density at radius 2 is 1.81 bits per heavy atom. The van der Waals surface area contributed by atoms with Gasteiger partial charge in [0.25, 0.3) is 0 Å². The molecule has 3 aliphatic rings. The monoisotopic (exact) mass is 295 g/mol. The van der Waals surface area contributed by atoms with Gasteiger partial charge in [0.15, 0.2) is 0 Å². The predicted octanol–water partition coefficient (Wildman–Crippen LogP) is 1.47. The van der Waals surface area contributed by atoms with Crippen LogP contribution >= 0.6 is 0 Å². The lowest BCUT2D eigenvalue weighted by Crippen LogP contribution is -2.50. The minimum atomic E-state index is -0.0611. The van der Waals surface area contributed by atoms with E-state index in [1.54, 1.807) is 0 Å². The van der Waals surface area contributed by atoms with Crippen LogP contribution in [0.5, 0.6) is 0 Å². The van der Waals surface area contributed by atoms with Gasteiger partial charge in [0.05, 0.1) is 6.61 Å². The molecule has 3 rings (SSSR count). The van der Waals surface area contributed by atoms with Crippen LogP contribution in [0, 0.1) is 5.41 Å². The van der Waals surface area contributed by atoms with E-state index in [0.717, 1.165) is 44.8 Å². The van der Waals surface area contributed by atoms with Crippen molar-refractivity contribution in [1.29, 1.82) is 0 Å². The summed E-state index contributed by atoms with van der Waals surface area (Å²) in [6.07, 6.45) is 9.69. The summed E-state index contributed by atoms with van der Waals surface area (Å²) in [4.78, 5) is 14.5. The van der Waals surface area contributed by atoms with Crippen LogP contribution < -0.4 is 10.6 Å². The number of likely N-dealkylation sites (tertiary alicyclic amines) is 1. The van der Waals surface area contributed by atoms with Gasteiger partial charge in [0.1, 0.15) is 0 Å². The third-order valence-electron chi connectivity index (χ3n) is 5.62. The normalized spacial score (nSPS) is 26.7. The summed E-state index contributed by atoms with van der Waals surface area (Å²) in [7, 11) is 0. The summed E-state index contributed by atoms with van der Waals surface area (Å²) in [6.45, 7) is 3.04. The molecule has 2 saturated carbocycles. The Hall–Kier alpha value is -0.810. The zero-order valence-corrected chi connectivity index (χ0v) is 12.9. The largest absolute Gasteiger partial charge is 0.396 e. The smallest absolute Gasteiger partial charge is 0.315 e. The van der Waals surface area contributed by atoms with Crippen LogP contribution in [0.15, 0.2) is 0 Å². The summed E-state index contributed by atoms with van der Waals surface area (Å²) in [5, 5.41) is 15.3. The van der Waals surface area contributed by atoms with Crippen molar-refractivity contribution in [2.75, 3.05) is 26.2 Å². The highest BCUT2D eigenvalue weighted by Gasteiger charge is 2.42. The molecule has 0 atom stereocenters. The van der Waals surface area contributed by atoms with Crippen molar-refractivity contribution < 1.29 is 9.90 Å². The summed E-state index contributed by atoms with van der Waals surface area (Å²) >= 11 is 0. The van der Waals surface area contributed by atoms with Crippen molar-refractivity contribution in [3.63, 3.8) is 0 Å². The second-order valence-electron chi connectivity index (χ2n) is 7.23. The second-order valence-corrected chi connectivity index (χ2v) is 7.23. The second kappa shape index (κ2) is 6.53. The molecule has 0 aromatic heterocycles. The number of nitrogens with one attached hydrogen (secondary N) is 2. The average molecular weight is 295 g/mol. The van der Waals surface area contributed by atoms with Crippen LogP contribution in [0.1, 0.15) is 51.4 Å². The minimum Gasteiger partial charge on any atom is -0.396 e. The number of piperidine rings is 1. The molecule has 1 aliphatic heterocycles. The molecule has 2 aliphatic carbocycles. The molecular weight excluding hydrogens is 266 g/mol. The Morgan fingerprint density at radius 1 is 1.14 bits per heavy atom. The van der Waals surface area contributed by atoms with Crippen molar-refractivity contribution >= 4 is 6.03 Å².